The molecule has 0 spiro atoms. The number of nitrogens with zero attached hydrogens (tertiary/aromatic N) is 1. The molecule has 0 aliphatic carbocycles. The molecule has 19 heavy (non-hydrogen) atoms. The number of nitrogens with one attached hydrogen (secondary N) is 1. The molecule has 6 heteroatoms. The largest absolute Gasteiger partial charge is 0.351 e. The summed E-state index contributed by atoms with van der Waals surface area (Å²) in [5.41, 5.74) is 6.66. The minimum Gasteiger partial charge on any atom is -0.351 e. The van der Waals surface area contributed by atoms with E-state index in [4.69, 9.17) is 5.73 Å². The third-order valence-corrected chi connectivity index (χ3v) is 3.08. The van der Waals surface area contributed by atoms with Crippen molar-refractivity contribution in [3.05, 3.63) is 35.6 Å². The number of likely N-dealkylation sites (tertiary alicyclic amines) is 1. The van der Waals surface area contributed by atoms with Crippen molar-refractivity contribution in [1.29, 1.82) is 0 Å². The highest BCUT2D eigenvalue weighted by Crippen LogP contribution is 2.06. The molecule has 0 saturated carbocycles. The Morgan fingerprint density at radius 3 is 2.68 bits per heavy atom. The number of hydrogen-bond donors (Lipinski definition) is 2. The number of carbonyl (C=O) groups excluding carboxylic acids is 1. The van der Waals surface area contributed by atoms with Gasteiger partial charge in [0.1, 0.15) is 5.82 Å². The summed E-state index contributed by atoms with van der Waals surface area (Å²) in [6.07, 6.45) is 0.950. The Balaban J connectivity index is 0.00000180. The summed E-state index contributed by atoms with van der Waals surface area (Å²) in [7, 11) is 0. The predicted molar refractivity (Wildman–Crippen MR) is 74.5 cm³/mol. The molecule has 0 bridgehead atoms. The van der Waals surface area contributed by atoms with E-state index in [1.54, 1.807) is 12.1 Å². The molecule has 1 heterocycles. The summed E-state index contributed by atoms with van der Waals surface area (Å²) in [6.45, 7) is 2.48. The maximum Gasteiger partial charge on any atom is 0.234 e. The maximum absolute atomic E-state index is 12.7. The van der Waals surface area contributed by atoms with Crippen LogP contribution in [0.2, 0.25) is 0 Å². The van der Waals surface area contributed by atoms with E-state index in [-0.39, 0.29) is 30.2 Å². The van der Waals surface area contributed by atoms with Crippen LogP contribution in [0.3, 0.4) is 0 Å². The van der Waals surface area contributed by atoms with Crippen LogP contribution >= 0.6 is 12.4 Å². The summed E-state index contributed by atoms with van der Waals surface area (Å²) in [5, 5.41) is 2.82. The van der Waals surface area contributed by atoms with Crippen molar-refractivity contribution in [2.24, 2.45) is 5.73 Å². The number of rotatable bonds is 4. The van der Waals surface area contributed by atoms with Gasteiger partial charge in [0.15, 0.2) is 0 Å². The molecule has 1 aliphatic rings. The Morgan fingerprint density at radius 1 is 1.42 bits per heavy atom. The lowest BCUT2D eigenvalue weighted by molar-refractivity contribution is -0.122. The highest BCUT2D eigenvalue weighted by Gasteiger charge is 2.20. The normalized spacial score (nSPS) is 18.9. The van der Waals surface area contributed by atoms with E-state index in [1.807, 2.05) is 4.90 Å². The van der Waals surface area contributed by atoms with E-state index in [0.717, 1.165) is 25.1 Å². The van der Waals surface area contributed by atoms with Gasteiger partial charge in [-0.2, -0.15) is 0 Å². The third-order valence-electron chi connectivity index (χ3n) is 3.08. The summed E-state index contributed by atoms with van der Waals surface area (Å²) < 4.78 is 12.7. The van der Waals surface area contributed by atoms with Crippen LogP contribution in [0.15, 0.2) is 24.3 Å². The highest BCUT2D eigenvalue weighted by molar-refractivity contribution is 5.85. The molecule has 0 radical (unpaired) electrons. The first-order valence-electron chi connectivity index (χ1n) is 6.12. The molecule has 1 saturated heterocycles. The fraction of sp³-hybridized carbons (Fsp3) is 0.462. The standard InChI is InChI=1S/C13H18FN3O.ClH/c14-11-3-1-10(2-4-11)7-16-13(18)9-17-6-5-12(15)8-17;/h1-4,12H,5-9,15H2,(H,16,18);1H/t12-;/m0./s1. The molecule has 3 N–H and O–H groups in total. The van der Waals surface area contributed by atoms with Gasteiger partial charge in [-0.1, -0.05) is 12.1 Å². The van der Waals surface area contributed by atoms with E-state index in [2.05, 4.69) is 5.32 Å². The Hall–Kier alpha value is -1.17. The molecular formula is C13H19ClFN3O. The minimum atomic E-state index is -0.267. The molecule has 1 amide bonds. The van der Waals surface area contributed by atoms with E-state index >= 15 is 0 Å². The lowest BCUT2D eigenvalue weighted by Crippen LogP contribution is -2.37. The smallest absolute Gasteiger partial charge is 0.234 e. The number of hydrogen-bond acceptors (Lipinski definition) is 3. The summed E-state index contributed by atoms with van der Waals surface area (Å²) in [6, 6.07) is 6.31. The molecular weight excluding hydrogens is 269 g/mol. The van der Waals surface area contributed by atoms with Crippen molar-refractivity contribution in [2.45, 2.75) is 19.0 Å². The van der Waals surface area contributed by atoms with Crippen molar-refractivity contribution < 1.29 is 9.18 Å². The van der Waals surface area contributed by atoms with Crippen LogP contribution in [0.4, 0.5) is 4.39 Å². The van der Waals surface area contributed by atoms with Gasteiger partial charge in [-0.15, -0.1) is 12.4 Å². The van der Waals surface area contributed by atoms with Crippen LogP contribution in [0.25, 0.3) is 0 Å². The zero-order chi connectivity index (χ0) is 13.0. The molecule has 2 rings (SSSR count). The Labute approximate surface area is 118 Å². The van der Waals surface area contributed by atoms with Crippen molar-refractivity contribution in [2.75, 3.05) is 19.6 Å². The molecule has 0 aromatic heterocycles. The molecule has 1 atom stereocenters. The van der Waals surface area contributed by atoms with Gasteiger partial charge in [0, 0.05) is 25.7 Å². The van der Waals surface area contributed by atoms with E-state index in [9.17, 15) is 9.18 Å². The lowest BCUT2D eigenvalue weighted by atomic mass is 10.2. The fourth-order valence-electron chi connectivity index (χ4n) is 2.07. The summed E-state index contributed by atoms with van der Waals surface area (Å²) in [5.74, 6) is -0.287. The molecule has 1 aliphatic heterocycles. The zero-order valence-electron chi connectivity index (χ0n) is 10.6. The number of benzene rings is 1. The monoisotopic (exact) mass is 287 g/mol. The van der Waals surface area contributed by atoms with Crippen LogP contribution in [0.5, 0.6) is 0 Å². The van der Waals surface area contributed by atoms with Gasteiger partial charge in [-0.05, 0) is 24.1 Å². The van der Waals surface area contributed by atoms with Crippen LogP contribution < -0.4 is 11.1 Å². The van der Waals surface area contributed by atoms with Crippen molar-refractivity contribution in [3.8, 4) is 0 Å². The number of nitrogens with two attached hydrogens (primary N) is 1. The maximum atomic E-state index is 12.7. The van der Waals surface area contributed by atoms with Crippen LogP contribution in [-0.4, -0.2) is 36.5 Å². The molecule has 4 nitrogen and oxygen atoms in total. The first-order valence-corrected chi connectivity index (χ1v) is 6.12. The second kappa shape index (κ2) is 7.43. The third kappa shape index (κ3) is 5.14. The average Bonchev–Trinajstić information content (AvgIpc) is 2.74. The number of halogens is 2. The molecule has 1 aromatic carbocycles. The van der Waals surface area contributed by atoms with Crippen molar-refractivity contribution >= 4 is 18.3 Å². The van der Waals surface area contributed by atoms with Gasteiger partial charge < -0.3 is 11.1 Å². The second-order valence-electron chi connectivity index (χ2n) is 4.69. The Bertz CT molecular complexity index is 413. The SMILES string of the molecule is Cl.N[C@H]1CCN(CC(=O)NCc2ccc(F)cc2)C1. The second-order valence-corrected chi connectivity index (χ2v) is 4.69. The van der Waals surface area contributed by atoms with E-state index in [0.29, 0.717) is 13.1 Å². The molecule has 106 valence electrons. The molecule has 1 fully saturated rings. The highest BCUT2D eigenvalue weighted by atomic mass is 35.5. The van der Waals surface area contributed by atoms with Crippen molar-refractivity contribution in [3.63, 3.8) is 0 Å². The fourth-order valence-corrected chi connectivity index (χ4v) is 2.07. The summed E-state index contributed by atoms with van der Waals surface area (Å²) >= 11 is 0. The summed E-state index contributed by atoms with van der Waals surface area (Å²) in [4.78, 5) is 13.7. The minimum absolute atomic E-state index is 0. The van der Waals surface area contributed by atoms with Crippen LogP contribution in [0, 0.1) is 5.82 Å². The quantitative estimate of drug-likeness (QED) is 0.865. The van der Waals surface area contributed by atoms with Gasteiger partial charge in [-0.25, -0.2) is 4.39 Å². The number of carbonyl (C=O) groups is 1. The molecule has 1 aromatic rings. The predicted octanol–water partition coefficient (Wildman–Crippen LogP) is 0.897. The Morgan fingerprint density at radius 2 is 2.11 bits per heavy atom. The lowest BCUT2D eigenvalue weighted by Gasteiger charge is -2.14. The van der Waals surface area contributed by atoms with Crippen molar-refractivity contribution in [1.82, 2.24) is 10.2 Å². The zero-order valence-corrected chi connectivity index (χ0v) is 11.5. The van der Waals surface area contributed by atoms with Gasteiger partial charge in [0.2, 0.25) is 5.91 Å². The first-order chi connectivity index (χ1) is 8.63. The average molecular weight is 288 g/mol. The number of amides is 1. The Kier molecular flexibility index (Phi) is 6.21. The van der Waals surface area contributed by atoms with Crippen LogP contribution in [0.1, 0.15) is 12.0 Å². The van der Waals surface area contributed by atoms with Gasteiger partial charge in [0.25, 0.3) is 0 Å². The van der Waals surface area contributed by atoms with Gasteiger partial charge in [0.05, 0.1) is 6.54 Å². The van der Waals surface area contributed by atoms with E-state index < -0.39 is 0 Å². The first kappa shape index (κ1) is 15.9. The van der Waals surface area contributed by atoms with E-state index in [1.165, 1.54) is 12.1 Å². The van der Waals surface area contributed by atoms with Gasteiger partial charge >= 0.3 is 0 Å². The van der Waals surface area contributed by atoms with Gasteiger partial charge in [-0.3, -0.25) is 9.69 Å². The topological polar surface area (TPSA) is 58.4 Å². The van der Waals surface area contributed by atoms with Crippen LogP contribution in [-0.2, 0) is 11.3 Å². The molecule has 0 unspecified atom stereocenters.